The van der Waals surface area contributed by atoms with Crippen LogP contribution in [0.3, 0.4) is 0 Å². The number of nitrogens with one attached hydrogen (secondary N) is 1. The minimum atomic E-state index is -3.71. The molecule has 4 nitrogen and oxygen atoms in total. The maximum Gasteiger partial charge on any atom is 0.355 e. The van der Waals surface area contributed by atoms with Gasteiger partial charge in [0.1, 0.15) is 5.28 Å². The van der Waals surface area contributed by atoms with Crippen molar-refractivity contribution in [3.05, 3.63) is 95.5 Å². The first-order valence-corrected chi connectivity index (χ1v) is 15.2. The van der Waals surface area contributed by atoms with Gasteiger partial charge < -0.3 is 9.05 Å². The summed E-state index contributed by atoms with van der Waals surface area (Å²) in [5.74, 6) is 0. The van der Waals surface area contributed by atoms with Crippen LogP contribution in [0.1, 0.15) is 26.3 Å². The second-order valence-electron chi connectivity index (χ2n) is 7.30. The molecule has 8 heteroatoms. The summed E-state index contributed by atoms with van der Waals surface area (Å²) in [6.45, 7) is 5.93. The predicted octanol–water partition coefficient (Wildman–Crippen LogP) is 6.41. The van der Waals surface area contributed by atoms with Crippen LogP contribution < -0.4 is 15.7 Å². The zero-order valence-electron chi connectivity index (χ0n) is 18.4. The third kappa shape index (κ3) is 5.11. The molecule has 1 atom stereocenters. The largest absolute Gasteiger partial charge is 0.355 e. The maximum absolute atomic E-state index is 14.3. The highest BCUT2D eigenvalue weighted by atomic mass is 35.5. The van der Waals surface area contributed by atoms with Crippen molar-refractivity contribution in [3.8, 4) is 0 Å². The monoisotopic (exact) mass is 507 g/mol. The second-order valence-corrected chi connectivity index (χ2v) is 14.3. The van der Waals surface area contributed by atoms with Crippen LogP contribution in [0.5, 0.6) is 0 Å². The van der Waals surface area contributed by atoms with Gasteiger partial charge >= 0.3 is 7.60 Å². The molecule has 0 saturated carbocycles. The number of rotatable bonds is 10. The van der Waals surface area contributed by atoms with Crippen molar-refractivity contribution in [1.29, 1.82) is 0 Å². The van der Waals surface area contributed by atoms with Crippen LogP contribution in [0.4, 0.5) is 0 Å². The van der Waals surface area contributed by atoms with Gasteiger partial charge in [-0.15, -0.1) is 0 Å². The van der Waals surface area contributed by atoms with Crippen LogP contribution >= 0.6 is 25.4 Å². The highest BCUT2D eigenvalue weighted by Gasteiger charge is 2.51. The van der Waals surface area contributed by atoms with E-state index in [1.807, 2.05) is 79.7 Å². The van der Waals surface area contributed by atoms with Crippen LogP contribution in [0.2, 0.25) is 5.02 Å². The molecule has 3 aromatic rings. The Hall–Kier alpha value is -1.29. The van der Waals surface area contributed by atoms with Gasteiger partial charge in [0.15, 0.2) is 0 Å². The molecule has 0 aliphatic carbocycles. The number of benzene rings is 3. The molecule has 3 aromatic carbocycles. The predicted molar refractivity (Wildman–Crippen MR) is 139 cm³/mol. The van der Waals surface area contributed by atoms with Gasteiger partial charge in [-0.3, -0.25) is 9.65 Å². The molecule has 0 bridgehead atoms. The van der Waals surface area contributed by atoms with E-state index in [0.29, 0.717) is 5.02 Å². The fourth-order valence-electron chi connectivity index (χ4n) is 3.55. The van der Waals surface area contributed by atoms with Crippen LogP contribution in [-0.4, -0.2) is 13.2 Å². The summed E-state index contributed by atoms with van der Waals surface area (Å²) in [6.07, 6.45) is -2.65. The van der Waals surface area contributed by atoms with Crippen LogP contribution in [0.25, 0.3) is 0 Å². The van der Waals surface area contributed by atoms with Crippen molar-refractivity contribution in [2.45, 2.75) is 26.1 Å². The van der Waals surface area contributed by atoms with Gasteiger partial charge in [0.2, 0.25) is 0 Å². The molecule has 1 N–H and O–H groups in total. The Kier molecular flexibility index (Phi) is 8.52. The first-order chi connectivity index (χ1) is 15.3. The van der Waals surface area contributed by atoms with Crippen LogP contribution in [0.15, 0.2) is 84.9 Å². The standard InChI is InChI=1S/C24H28ClNO3P2S/c1-4-28-31(27,29-5-2)24(3,20-16-18-21(25)19-17-20)26-30(32,22-12-8-6-9-13-22)23-14-10-7-11-15-23/h6-19H,4-5H2,1-3H3,(H,26,32)/t24-/m1/s1. The Morgan fingerprint density at radius 2 is 1.28 bits per heavy atom. The minimum absolute atomic E-state index is 0.238. The lowest BCUT2D eigenvalue weighted by molar-refractivity contribution is 0.195. The number of halogens is 1. The van der Waals surface area contributed by atoms with Gasteiger partial charge in [0.05, 0.1) is 19.4 Å². The van der Waals surface area contributed by atoms with Gasteiger partial charge in [0.25, 0.3) is 0 Å². The molecule has 0 fully saturated rings. The van der Waals surface area contributed by atoms with Crippen molar-refractivity contribution in [3.63, 3.8) is 0 Å². The van der Waals surface area contributed by atoms with Crippen molar-refractivity contribution >= 4 is 47.8 Å². The summed E-state index contributed by atoms with van der Waals surface area (Å²) >= 11 is 12.5. The Morgan fingerprint density at radius 3 is 1.69 bits per heavy atom. The molecule has 0 aliphatic rings. The van der Waals surface area contributed by atoms with Crippen molar-refractivity contribution in [2.75, 3.05) is 13.2 Å². The molecule has 32 heavy (non-hydrogen) atoms. The summed E-state index contributed by atoms with van der Waals surface area (Å²) < 4.78 is 26.0. The van der Waals surface area contributed by atoms with E-state index in [1.165, 1.54) is 0 Å². The Labute approximate surface area is 200 Å². The topological polar surface area (TPSA) is 47.6 Å². The van der Waals surface area contributed by atoms with Gasteiger partial charge in [-0.25, -0.2) is 0 Å². The van der Waals surface area contributed by atoms with Gasteiger partial charge in [-0.05, 0) is 38.5 Å². The van der Waals surface area contributed by atoms with Crippen molar-refractivity contribution in [2.24, 2.45) is 0 Å². The minimum Gasteiger partial charge on any atom is -0.307 e. The van der Waals surface area contributed by atoms with E-state index in [1.54, 1.807) is 26.0 Å². The first kappa shape index (κ1) is 25.3. The van der Waals surface area contributed by atoms with E-state index in [4.69, 9.17) is 32.5 Å². The fourth-order valence-corrected chi connectivity index (χ4v) is 10.3. The average molecular weight is 508 g/mol. The second kappa shape index (κ2) is 10.8. The van der Waals surface area contributed by atoms with Crippen LogP contribution in [0, 0.1) is 0 Å². The lowest BCUT2D eigenvalue weighted by atomic mass is 10.1. The van der Waals surface area contributed by atoms with E-state index in [9.17, 15) is 4.57 Å². The SMILES string of the molecule is CCOP(=O)(OCC)[C@@](C)(NP(=S)(c1ccccc1)c1ccccc1)c1ccc(Cl)cc1. The molecule has 0 unspecified atom stereocenters. The maximum atomic E-state index is 14.3. The quantitative estimate of drug-likeness (QED) is 0.321. The van der Waals surface area contributed by atoms with E-state index >= 15 is 0 Å². The lowest BCUT2D eigenvalue weighted by Gasteiger charge is -2.41. The molecule has 0 amide bonds. The third-order valence-electron chi connectivity index (χ3n) is 5.17. The molecule has 0 heterocycles. The highest BCUT2D eigenvalue weighted by molar-refractivity contribution is 8.21. The summed E-state index contributed by atoms with van der Waals surface area (Å²) in [6, 6.07) is 27.0. The normalized spacial score (nSPS) is 14.1. The number of hydrogen-bond acceptors (Lipinski definition) is 4. The molecule has 0 aliphatic heterocycles. The van der Waals surface area contributed by atoms with Crippen LogP contribution in [-0.2, 0) is 30.7 Å². The third-order valence-corrected chi connectivity index (χ3v) is 12.6. The van der Waals surface area contributed by atoms with Crippen molar-refractivity contribution < 1.29 is 13.6 Å². The highest BCUT2D eigenvalue weighted by Crippen LogP contribution is 2.66. The Bertz CT molecular complexity index is 1060. The molecule has 0 aromatic heterocycles. The van der Waals surface area contributed by atoms with Crippen molar-refractivity contribution in [1.82, 2.24) is 5.09 Å². The Balaban J connectivity index is 2.26. The van der Waals surface area contributed by atoms with Gasteiger partial charge in [0, 0.05) is 15.6 Å². The lowest BCUT2D eigenvalue weighted by Crippen LogP contribution is -2.43. The average Bonchev–Trinajstić information content (AvgIpc) is 2.81. The molecular weight excluding hydrogens is 480 g/mol. The Morgan fingerprint density at radius 1 is 0.844 bits per heavy atom. The van der Waals surface area contributed by atoms with E-state index in [2.05, 4.69) is 5.09 Å². The van der Waals surface area contributed by atoms with Gasteiger partial charge in [-0.1, -0.05) is 96.2 Å². The molecular formula is C24H28ClNO3P2S. The number of hydrogen-bond donors (Lipinski definition) is 1. The smallest absolute Gasteiger partial charge is 0.307 e. The van der Waals surface area contributed by atoms with E-state index in [-0.39, 0.29) is 13.2 Å². The summed E-state index contributed by atoms with van der Waals surface area (Å²) in [7, 11) is -3.71. The van der Waals surface area contributed by atoms with E-state index < -0.39 is 19.1 Å². The zero-order chi connectivity index (χ0) is 23.2. The molecule has 0 spiro atoms. The molecule has 170 valence electrons. The van der Waals surface area contributed by atoms with Gasteiger partial charge in [-0.2, -0.15) is 0 Å². The summed E-state index contributed by atoms with van der Waals surface area (Å²) in [5, 5.41) is 4.94. The first-order valence-electron chi connectivity index (χ1n) is 10.4. The fraction of sp³-hybridized carbons (Fsp3) is 0.250. The molecule has 0 saturated heterocycles. The van der Waals surface area contributed by atoms with E-state index in [0.717, 1.165) is 16.2 Å². The summed E-state index contributed by atoms with van der Waals surface area (Å²) in [5.41, 5.74) is 0.730. The summed E-state index contributed by atoms with van der Waals surface area (Å²) in [4.78, 5) is 0. The molecule has 0 radical (unpaired) electrons. The molecule has 3 rings (SSSR count). The zero-order valence-corrected chi connectivity index (χ0v) is 21.8.